The highest BCUT2D eigenvalue weighted by Gasteiger charge is 2.54. The van der Waals surface area contributed by atoms with Crippen molar-refractivity contribution in [2.45, 2.75) is 76.2 Å². The molecule has 0 aliphatic heterocycles. The van der Waals surface area contributed by atoms with Crippen LogP contribution in [0, 0.1) is 17.8 Å². The lowest BCUT2D eigenvalue weighted by molar-refractivity contribution is -0.0201. The minimum atomic E-state index is -0.427. The molecule has 4 bridgehead atoms. The molecule has 4 fully saturated rings. The number of hydrogen-bond acceptors (Lipinski definition) is 4. The van der Waals surface area contributed by atoms with Crippen LogP contribution in [0.15, 0.2) is 4.52 Å². The lowest BCUT2D eigenvalue weighted by Gasteiger charge is -2.55. The van der Waals surface area contributed by atoms with Crippen molar-refractivity contribution in [2.75, 3.05) is 0 Å². The summed E-state index contributed by atoms with van der Waals surface area (Å²) >= 11 is 0. The summed E-state index contributed by atoms with van der Waals surface area (Å²) in [5.74, 6) is 4.30. The van der Waals surface area contributed by atoms with E-state index in [1.165, 1.54) is 38.5 Å². The number of hydrogen-bond donors (Lipinski definition) is 1. The van der Waals surface area contributed by atoms with Crippen molar-refractivity contribution in [3.05, 3.63) is 11.7 Å². The lowest BCUT2D eigenvalue weighted by Crippen LogP contribution is -2.48. The van der Waals surface area contributed by atoms with Crippen LogP contribution in [0.4, 0.5) is 0 Å². The molecule has 4 nitrogen and oxygen atoms in total. The van der Waals surface area contributed by atoms with Crippen LogP contribution in [0.3, 0.4) is 0 Å². The van der Waals surface area contributed by atoms with Gasteiger partial charge in [-0.1, -0.05) is 19.0 Å². The molecule has 4 aliphatic carbocycles. The minimum Gasteiger partial charge on any atom is -0.339 e. The van der Waals surface area contributed by atoms with Gasteiger partial charge in [-0.05, 0) is 69.1 Å². The summed E-state index contributed by atoms with van der Waals surface area (Å²) < 4.78 is 5.76. The second-order valence-corrected chi connectivity index (χ2v) is 7.98. The van der Waals surface area contributed by atoms with E-state index in [1.807, 2.05) is 0 Å². The largest absolute Gasteiger partial charge is 0.339 e. The summed E-state index contributed by atoms with van der Waals surface area (Å²) in [4.78, 5) is 4.81. The molecule has 0 spiro atoms. The van der Waals surface area contributed by atoms with Gasteiger partial charge >= 0.3 is 0 Å². The third-order valence-corrected chi connectivity index (χ3v) is 6.63. The van der Waals surface area contributed by atoms with Crippen LogP contribution < -0.4 is 5.73 Å². The first kappa shape index (κ1) is 13.7. The Bertz CT molecular complexity index is 497. The second kappa shape index (κ2) is 4.55. The summed E-state index contributed by atoms with van der Waals surface area (Å²) in [6.07, 6.45) is 9.79. The first-order valence-electron chi connectivity index (χ1n) is 8.70. The zero-order chi connectivity index (χ0) is 14.7. The minimum absolute atomic E-state index is 0.183. The Labute approximate surface area is 126 Å². The topological polar surface area (TPSA) is 64.9 Å². The summed E-state index contributed by atoms with van der Waals surface area (Å²) in [6, 6.07) is 0. The van der Waals surface area contributed by atoms with Gasteiger partial charge in [0.1, 0.15) is 0 Å². The van der Waals surface area contributed by atoms with Crippen LogP contribution >= 0.6 is 0 Å². The Morgan fingerprint density at radius 3 is 2.10 bits per heavy atom. The highest BCUT2D eigenvalue weighted by Crippen LogP contribution is 2.60. The first-order chi connectivity index (χ1) is 10.1. The fourth-order valence-electron chi connectivity index (χ4n) is 5.58. The highest BCUT2D eigenvalue weighted by atomic mass is 16.5. The monoisotopic (exact) mass is 289 g/mol. The standard InChI is InChI=1S/C17H27N3O/c1-3-17(18,4-2)14-19-15(21-20-14)16-8-11-5-12(9-16)7-13(6-11)10-16/h11-13H,3-10,18H2,1-2H3. The van der Waals surface area contributed by atoms with Gasteiger partial charge in [0.2, 0.25) is 5.89 Å². The zero-order valence-corrected chi connectivity index (χ0v) is 13.3. The van der Waals surface area contributed by atoms with E-state index in [2.05, 4.69) is 19.0 Å². The van der Waals surface area contributed by atoms with Crippen molar-refractivity contribution in [3.63, 3.8) is 0 Å². The molecule has 2 N–H and O–H groups in total. The predicted octanol–water partition coefficient (Wildman–Crippen LogP) is 3.51. The SMILES string of the molecule is CCC(N)(CC)c1noc(C23CC4CC(CC(C4)C2)C3)n1. The van der Waals surface area contributed by atoms with Gasteiger partial charge in [0.05, 0.1) is 11.0 Å². The van der Waals surface area contributed by atoms with E-state index in [4.69, 9.17) is 15.2 Å². The Morgan fingerprint density at radius 2 is 1.62 bits per heavy atom. The molecule has 1 aromatic heterocycles. The normalized spacial score (nSPS) is 38.1. The quantitative estimate of drug-likeness (QED) is 0.921. The summed E-state index contributed by atoms with van der Waals surface area (Å²) in [5.41, 5.74) is 6.19. The third kappa shape index (κ3) is 1.98. The Hall–Kier alpha value is -0.900. The van der Waals surface area contributed by atoms with Crippen molar-refractivity contribution < 1.29 is 4.52 Å². The predicted molar refractivity (Wildman–Crippen MR) is 80.6 cm³/mol. The molecule has 4 aliphatic rings. The van der Waals surface area contributed by atoms with Gasteiger partial charge in [-0.2, -0.15) is 4.98 Å². The van der Waals surface area contributed by atoms with Gasteiger partial charge < -0.3 is 10.3 Å². The van der Waals surface area contributed by atoms with Crippen LogP contribution in [-0.2, 0) is 11.0 Å². The average Bonchev–Trinajstić information content (AvgIpc) is 2.96. The van der Waals surface area contributed by atoms with Crippen LogP contribution in [0.2, 0.25) is 0 Å². The zero-order valence-electron chi connectivity index (χ0n) is 13.3. The summed E-state index contributed by atoms with van der Waals surface area (Å²) in [7, 11) is 0. The van der Waals surface area contributed by atoms with Crippen LogP contribution in [0.25, 0.3) is 0 Å². The molecule has 1 aromatic rings. The van der Waals surface area contributed by atoms with Crippen molar-refractivity contribution in [1.29, 1.82) is 0 Å². The van der Waals surface area contributed by atoms with E-state index in [9.17, 15) is 0 Å². The number of rotatable bonds is 4. The van der Waals surface area contributed by atoms with Gasteiger partial charge in [0, 0.05) is 0 Å². The Kier molecular flexibility index (Phi) is 2.97. The third-order valence-electron chi connectivity index (χ3n) is 6.63. The average molecular weight is 289 g/mol. The van der Waals surface area contributed by atoms with Crippen LogP contribution in [-0.4, -0.2) is 10.1 Å². The van der Waals surface area contributed by atoms with Crippen LogP contribution in [0.5, 0.6) is 0 Å². The Balaban J connectivity index is 1.67. The van der Waals surface area contributed by atoms with E-state index < -0.39 is 5.54 Å². The molecule has 116 valence electrons. The number of nitrogens with zero attached hydrogens (tertiary/aromatic N) is 2. The molecule has 5 rings (SSSR count). The molecule has 0 aromatic carbocycles. The van der Waals surface area contributed by atoms with Crippen molar-refractivity contribution in [2.24, 2.45) is 23.5 Å². The molecule has 0 atom stereocenters. The molecule has 4 heteroatoms. The van der Waals surface area contributed by atoms with Gasteiger partial charge in [-0.15, -0.1) is 0 Å². The van der Waals surface area contributed by atoms with Gasteiger partial charge in [-0.25, -0.2) is 0 Å². The van der Waals surface area contributed by atoms with Crippen LogP contribution in [0.1, 0.15) is 76.9 Å². The molecule has 0 unspecified atom stereocenters. The molecule has 4 saturated carbocycles. The fourth-order valence-corrected chi connectivity index (χ4v) is 5.58. The molecule has 21 heavy (non-hydrogen) atoms. The molecule has 1 heterocycles. The van der Waals surface area contributed by atoms with Gasteiger partial charge in [-0.3, -0.25) is 0 Å². The van der Waals surface area contributed by atoms with E-state index in [0.29, 0.717) is 0 Å². The van der Waals surface area contributed by atoms with Crippen molar-refractivity contribution >= 4 is 0 Å². The van der Waals surface area contributed by atoms with Crippen molar-refractivity contribution in [1.82, 2.24) is 10.1 Å². The molecular weight excluding hydrogens is 262 g/mol. The molecular formula is C17H27N3O. The number of aromatic nitrogens is 2. The van der Waals surface area contributed by atoms with Gasteiger partial charge in [0.25, 0.3) is 0 Å². The summed E-state index contributed by atoms with van der Waals surface area (Å²) in [6.45, 7) is 4.20. The van der Waals surface area contributed by atoms with E-state index in [-0.39, 0.29) is 5.41 Å². The highest BCUT2D eigenvalue weighted by molar-refractivity contribution is 5.17. The Morgan fingerprint density at radius 1 is 1.10 bits per heavy atom. The number of nitrogens with two attached hydrogens (primary N) is 1. The second-order valence-electron chi connectivity index (χ2n) is 7.98. The maximum Gasteiger partial charge on any atom is 0.232 e. The van der Waals surface area contributed by atoms with E-state index in [0.717, 1.165) is 42.3 Å². The molecule has 0 amide bonds. The van der Waals surface area contributed by atoms with Crippen molar-refractivity contribution in [3.8, 4) is 0 Å². The maximum absolute atomic E-state index is 6.44. The lowest BCUT2D eigenvalue weighted by atomic mass is 9.49. The van der Waals surface area contributed by atoms with Gasteiger partial charge in [0.15, 0.2) is 5.82 Å². The van der Waals surface area contributed by atoms with E-state index in [1.54, 1.807) is 0 Å². The maximum atomic E-state index is 6.44. The molecule has 0 saturated heterocycles. The molecule has 0 radical (unpaired) electrons. The van der Waals surface area contributed by atoms with E-state index >= 15 is 0 Å². The fraction of sp³-hybridized carbons (Fsp3) is 0.882. The first-order valence-corrected chi connectivity index (χ1v) is 8.70. The smallest absolute Gasteiger partial charge is 0.232 e. The summed E-state index contributed by atoms with van der Waals surface area (Å²) in [5, 5.41) is 4.28.